The maximum absolute atomic E-state index is 5.07. The molecule has 0 unspecified atom stereocenters. The monoisotopic (exact) mass is 101 g/mol. The van der Waals surface area contributed by atoms with Crippen molar-refractivity contribution in [1.29, 1.82) is 0 Å². The Kier molecular flexibility index (Phi) is 3.19. The second-order valence-electron chi connectivity index (χ2n) is 1.21. The van der Waals surface area contributed by atoms with E-state index in [1.54, 1.807) is 0 Å². The predicted octanol–water partition coefficient (Wildman–Crippen LogP) is 0.843. The third-order valence-corrected chi connectivity index (χ3v) is 0.607. The number of ether oxygens (including phenoxy) is 1. The first kappa shape index (κ1) is 6.34. The second-order valence-corrected chi connectivity index (χ2v) is 1.21. The summed E-state index contributed by atoms with van der Waals surface area (Å²) < 4.78 is 4.93. The largest absolute Gasteiger partial charge is 0.497 e. The molecule has 7 heavy (non-hydrogen) atoms. The van der Waals surface area contributed by atoms with Crippen LogP contribution in [-0.2, 0) is 4.74 Å². The quantitative estimate of drug-likeness (QED) is 0.523. The Bertz CT molecular complexity index is 68.5. The van der Waals surface area contributed by atoms with Crippen LogP contribution >= 0.6 is 0 Å². The summed E-state index contributed by atoms with van der Waals surface area (Å²) >= 11 is 0. The molecule has 2 N–H and O–H groups in total. The number of hydrogen-bond donors (Lipinski definition) is 1. The topological polar surface area (TPSA) is 35.2 Å². The van der Waals surface area contributed by atoms with Gasteiger partial charge in [-0.05, 0) is 13.8 Å². The summed E-state index contributed by atoms with van der Waals surface area (Å²) in [5.74, 6) is 0.780. The Balaban J connectivity index is 3.17. The smallest absolute Gasteiger partial charge is 0.108 e. The molecule has 2 nitrogen and oxygen atoms in total. The fraction of sp³-hybridized carbons (Fsp3) is 0.600. The van der Waals surface area contributed by atoms with Gasteiger partial charge in [-0.2, -0.15) is 0 Å². The number of allylic oxidation sites excluding steroid dienone is 1. The van der Waals surface area contributed by atoms with Crippen LogP contribution in [0, 0.1) is 0 Å². The molecule has 0 heterocycles. The van der Waals surface area contributed by atoms with Gasteiger partial charge in [-0.25, -0.2) is 0 Å². The Labute approximate surface area is 44.0 Å². The lowest BCUT2D eigenvalue weighted by molar-refractivity contribution is 0.230. The SMILES string of the molecule is CCOC(C)=CN. The van der Waals surface area contributed by atoms with E-state index < -0.39 is 0 Å². The molecule has 0 rings (SSSR count). The highest BCUT2D eigenvalue weighted by Gasteiger charge is 1.78. The maximum atomic E-state index is 5.07. The van der Waals surface area contributed by atoms with Gasteiger partial charge in [-0.1, -0.05) is 0 Å². The zero-order valence-corrected chi connectivity index (χ0v) is 4.77. The van der Waals surface area contributed by atoms with Crippen LogP contribution in [0.1, 0.15) is 13.8 Å². The molecule has 0 spiro atoms. The van der Waals surface area contributed by atoms with Gasteiger partial charge in [0.15, 0.2) is 0 Å². The van der Waals surface area contributed by atoms with Gasteiger partial charge in [0.2, 0.25) is 0 Å². The molecule has 0 amide bonds. The van der Waals surface area contributed by atoms with E-state index in [1.807, 2.05) is 13.8 Å². The van der Waals surface area contributed by atoms with Gasteiger partial charge < -0.3 is 10.5 Å². The fourth-order valence-electron chi connectivity index (χ4n) is 0.276. The van der Waals surface area contributed by atoms with E-state index in [4.69, 9.17) is 10.5 Å². The van der Waals surface area contributed by atoms with Crippen LogP contribution in [-0.4, -0.2) is 6.61 Å². The van der Waals surface area contributed by atoms with Crippen molar-refractivity contribution in [3.8, 4) is 0 Å². The maximum Gasteiger partial charge on any atom is 0.108 e. The molecule has 0 aromatic heterocycles. The van der Waals surface area contributed by atoms with Gasteiger partial charge in [0.1, 0.15) is 5.76 Å². The Morgan fingerprint density at radius 2 is 2.43 bits per heavy atom. The summed E-state index contributed by atoms with van der Waals surface area (Å²) in [6.45, 7) is 4.44. The molecule has 0 radical (unpaired) electrons. The third kappa shape index (κ3) is 3.16. The van der Waals surface area contributed by atoms with Crippen LogP contribution in [0.3, 0.4) is 0 Å². The summed E-state index contributed by atoms with van der Waals surface area (Å²) in [5, 5.41) is 0. The standard InChI is InChI=1S/C5H11NO/c1-3-7-5(2)4-6/h4H,3,6H2,1-2H3. The summed E-state index contributed by atoms with van der Waals surface area (Å²) in [4.78, 5) is 0. The molecule has 0 bridgehead atoms. The molecule has 0 aliphatic carbocycles. The minimum atomic E-state index is 0.694. The molecule has 0 aliphatic heterocycles. The van der Waals surface area contributed by atoms with Gasteiger partial charge in [-0.15, -0.1) is 0 Å². The highest BCUT2D eigenvalue weighted by molar-refractivity contribution is 4.82. The molecule has 2 heteroatoms. The van der Waals surface area contributed by atoms with E-state index in [-0.39, 0.29) is 0 Å². The third-order valence-electron chi connectivity index (χ3n) is 0.607. The molecule has 42 valence electrons. The highest BCUT2D eigenvalue weighted by atomic mass is 16.5. The van der Waals surface area contributed by atoms with Crippen molar-refractivity contribution in [3.05, 3.63) is 12.0 Å². The number of nitrogens with two attached hydrogens (primary N) is 1. The first-order valence-electron chi connectivity index (χ1n) is 2.32. The van der Waals surface area contributed by atoms with Gasteiger partial charge in [0.05, 0.1) is 6.61 Å². The number of rotatable bonds is 2. The van der Waals surface area contributed by atoms with Crippen LogP contribution < -0.4 is 5.73 Å². The summed E-state index contributed by atoms with van der Waals surface area (Å²) in [6.07, 6.45) is 1.45. The van der Waals surface area contributed by atoms with E-state index in [1.165, 1.54) is 6.20 Å². The molecule has 0 aromatic rings. The normalized spacial score (nSPS) is 11.4. The molecule has 0 saturated carbocycles. The van der Waals surface area contributed by atoms with Crippen molar-refractivity contribution in [2.75, 3.05) is 6.61 Å². The molecule has 0 aliphatic rings. The molecule has 0 atom stereocenters. The molecule has 0 aromatic carbocycles. The molecule has 0 fully saturated rings. The van der Waals surface area contributed by atoms with E-state index in [0.717, 1.165) is 5.76 Å². The van der Waals surface area contributed by atoms with Crippen LogP contribution in [0.25, 0.3) is 0 Å². The molecular formula is C5H11NO. The van der Waals surface area contributed by atoms with E-state index in [2.05, 4.69) is 0 Å². The van der Waals surface area contributed by atoms with Gasteiger partial charge >= 0.3 is 0 Å². The van der Waals surface area contributed by atoms with Crippen LogP contribution in [0.5, 0.6) is 0 Å². The van der Waals surface area contributed by atoms with E-state index >= 15 is 0 Å². The average Bonchev–Trinajstić information content (AvgIpc) is 1.68. The van der Waals surface area contributed by atoms with Gasteiger partial charge in [0, 0.05) is 6.20 Å². The van der Waals surface area contributed by atoms with Crippen molar-refractivity contribution in [2.45, 2.75) is 13.8 Å². The van der Waals surface area contributed by atoms with Crippen molar-refractivity contribution >= 4 is 0 Å². The summed E-state index contributed by atoms with van der Waals surface area (Å²) in [7, 11) is 0. The van der Waals surface area contributed by atoms with Crippen molar-refractivity contribution in [1.82, 2.24) is 0 Å². The van der Waals surface area contributed by atoms with Crippen LogP contribution in [0.15, 0.2) is 12.0 Å². The Morgan fingerprint density at radius 1 is 1.86 bits per heavy atom. The average molecular weight is 101 g/mol. The number of hydrogen-bond acceptors (Lipinski definition) is 2. The lowest BCUT2D eigenvalue weighted by Crippen LogP contribution is -1.89. The van der Waals surface area contributed by atoms with E-state index in [9.17, 15) is 0 Å². The van der Waals surface area contributed by atoms with Gasteiger partial charge in [0.25, 0.3) is 0 Å². The van der Waals surface area contributed by atoms with Gasteiger partial charge in [-0.3, -0.25) is 0 Å². The van der Waals surface area contributed by atoms with Crippen molar-refractivity contribution < 1.29 is 4.74 Å². The molecular weight excluding hydrogens is 90.1 g/mol. The van der Waals surface area contributed by atoms with Crippen molar-refractivity contribution in [2.24, 2.45) is 5.73 Å². The van der Waals surface area contributed by atoms with Crippen LogP contribution in [0.4, 0.5) is 0 Å². The lowest BCUT2D eigenvalue weighted by Gasteiger charge is -1.97. The predicted molar refractivity (Wildman–Crippen MR) is 29.6 cm³/mol. The Morgan fingerprint density at radius 3 is 2.57 bits per heavy atom. The molecule has 0 saturated heterocycles. The summed E-state index contributed by atoms with van der Waals surface area (Å²) in [6, 6.07) is 0. The fourth-order valence-corrected chi connectivity index (χ4v) is 0.276. The zero-order valence-electron chi connectivity index (χ0n) is 4.77. The second kappa shape index (κ2) is 3.53. The zero-order chi connectivity index (χ0) is 5.70. The lowest BCUT2D eigenvalue weighted by atomic mass is 10.6. The van der Waals surface area contributed by atoms with E-state index in [0.29, 0.717) is 6.61 Å². The minimum absolute atomic E-state index is 0.694. The minimum Gasteiger partial charge on any atom is -0.497 e. The first-order valence-corrected chi connectivity index (χ1v) is 2.32. The first-order chi connectivity index (χ1) is 3.31. The summed E-state index contributed by atoms with van der Waals surface area (Å²) in [5.41, 5.74) is 5.07. The Hall–Kier alpha value is -0.660. The highest BCUT2D eigenvalue weighted by Crippen LogP contribution is 1.88. The van der Waals surface area contributed by atoms with Crippen LogP contribution in [0.2, 0.25) is 0 Å². The van der Waals surface area contributed by atoms with Crippen molar-refractivity contribution in [3.63, 3.8) is 0 Å².